The molecular formula is C10H14N6. The summed E-state index contributed by atoms with van der Waals surface area (Å²) in [5.74, 6) is 5.55. The van der Waals surface area contributed by atoms with Crippen LogP contribution < -0.4 is 11.3 Å². The molecule has 0 bridgehead atoms. The van der Waals surface area contributed by atoms with E-state index in [1.165, 1.54) is 5.56 Å². The normalized spacial score (nSPS) is 12.6. The first kappa shape index (κ1) is 10.7. The van der Waals surface area contributed by atoms with E-state index in [0.717, 1.165) is 12.1 Å². The quantitative estimate of drug-likeness (QED) is 0.555. The van der Waals surface area contributed by atoms with Crippen molar-refractivity contribution in [1.29, 1.82) is 0 Å². The Morgan fingerprint density at radius 1 is 1.44 bits per heavy atom. The molecule has 0 aliphatic heterocycles. The van der Waals surface area contributed by atoms with Gasteiger partial charge in [-0.3, -0.25) is 20.9 Å². The van der Waals surface area contributed by atoms with Crippen molar-refractivity contribution < 1.29 is 0 Å². The number of rotatable bonds is 4. The summed E-state index contributed by atoms with van der Waals surface area (Å²) in [5.41, 5.74) is 4.90. The lowest BCUT2D eigenvalue weighted by atomic mass is 10.1. The van der Waals surface area contributed by atoms with Gasteiger partial charge in [-0.15, -0.1) is 5.10 Å². The number of hydrogen-bond donors (Lipinski definition) is 2. The van der Waals surface area contributed by atoms with E-state index >= 15 is 0 Å². The molecule has 2 rings (SSSR count). The molecule has 0 amide bonds. The number of nitrogens with one attached hydrogen (secondary N) is 1. The van der Waals surface area contributed by atoms with Gasteiger partial charge in [-0.1, -0.05) is 5.21 Å². The Bertz CT molecular complexity index is 438. The molecular weight excluding hydrogens is 204 g/mol. The Hall–Kier alpha value is -1.79. The molecule has 6 heteroatoms. The highest BCUT2D eigenvalue weighted by atomic mass is 15.4. The van der Waals surface area contributed by atoms with Gasteiger partial charge < -0.3 is 0 Å². The van der Waals surface area contributed by atoms with Gasteiger partial charge in [0.05, 0.1) is 17.9 Å². The molecule has 1 unspecified atom stereocenters. The van der Waals surface area contributed by atoms with Crippen molar-refractivity contribution in [1.82, 2.24) is 25.4 Å². The van der Waals surface area contributed by atoms with Crippen molar-refractivity contribution in [3.63, 3.8) is 0 Å². The molecule has 1 atom stereocenters. The molecule has 3 N–H and O–H groups in total. The van der Waals surface area contributed by atoms with Gasteiger partial charge in [0.15, 0.2) is 0 Å². The van der Waals surface area contributed by atoms with E-state index < -0.39 is 0 Å². The van der Waals surface area contributed by atoms with E-state index in [4.69, 9.17) is 5.84 Å². The van der Waals surface area contributed by atoms with E-state index in [1.807, 2.05) is 19.2 Å². The van der Waals surface area contributed by atoms with Crippen molar-refractivity contribution in [2.24, 2.45) is 12.9 Å². The molecule has 6 nitrogen and oxygen atoms in total. The second-order valence-electron chi connectivity index (χ2n) is 3.56. The standard InChI is InChI=1S/C10H14N6/c1-16-10(7-13-15-16)9(14-11)6-8-2-4-12-5-3-8/h2-5,7,9,14H,6,11H2,1H3. The highest BCUT2D eigenvalue weighted by molar-refractivity contribution is 5.15. The maximum absolute atomic E-state index is 5.55. The molecule has 0 aliphatic carbocycles. The summed E-state index contributed by atoms with van der Waals surface area (Å²) in [6.45, 7) is 0. The van der Waals surface area contributed by atoms with Crippen LogP contribution in [0.25, 0.3) is 0 Å². The summed E-state index contributed by atoms with van der Waals surface area (Å²) in [6, 6.07) is 3.94. The van der Waals surface area contributed by atoms with E-state index in [0.29, 0.717) is 0 Å². The summed E-state index contributed by atoms with van der Waals surface area (Å²) in [7, 11) is 1.85. The zero-order valence-corrected chi connectivity index (χ0v) is 9.04. The van der Waals surface area contributed by atoms with Gasteiger partial charge in [-0.25, -0.2) is 0 Å². The van der Waals surface area contributed by atoms with Gasteiger partial charge in [-0.2, -0.15) is 0 Å². The van der Waals surface area contributed by atoms with Crippen molar-refractivity contribution in [2.75, 3.05) is 0 Å². The third-order valence-electron chi connectivity index (χ3n) is 2.50. The third kappa shape index (κ3) is 2.23. The number of nitrogens with zero attached hydrogens (tertiary/aromatic N) is 4. The van der Waals surface area contributed by atoms with Crippen LogP contribution in [0.3, 0.4) is 0 Å². The maximum atomic E-state index is 5.55. The van der Waals surface area contributed by atoms with Crippen molar-refractivity contribution in [2.45, 2.75) is 12.5 Å². The Kier molecular flexibility index (Phi) is 3.23. The van der Waals surface area contributed by atoms with Crippen LogP contribution in [0.4, 0.5) is 0 Å². The second-order valence-corrected chi connectivity index (χ2v) is 3.56. The van der Waals surface area contributed by atoms with Gasteiger partial charge >= 0.3 is 0 Å². The number of hydrogen-bond acceptors (Lipinski definition) is 5. The number of aromatic nitrogens is 4. The monoisotopic (exact) mass is 218 g/mol. The van der Waals surface area contributed by atoms with Crippen LogP contribution in [-0.2, 0) is 13.5 Å². The Morgan fingerprint density at radius 2 is 2.19 bits per heavy atom. The topological polar surface area (TPSA) is 81.7 Å². The summed E-state index contributed by atoms with van der Waals surface area (Å²) in [4.78, 5) is 3.98. The maximum Gasteiger partial charge on any atom is 0.0770 e. The van der Waals surface area contributed by atoms with Crippen LogP contribution in [-0.4, -0.2) is 20.0 Å². The largest absolute Gasteiger partial charge is 0.271 e. The van der Waals surface area contributed by atoms with Gasteiger partial charge in [-0.05, 0) is 24.1 Å². The third-order valence-corrected chi connectivity index (χ3v) is 2.50. The fourth-order valence-corrected chi connectivity index (χ4v) is 1.62. The first-order valence-corrected chi connectivity index (χ1v) is 5.01. The van der Waals surface area contributed by atoms with E-state index in [1.54, 1.807) is 23.3 Å². The van der Waals surface area contributed by atoms with Gasteiger partial charge in [0.1, 0.15) is 0 Å². The van der Waals surface area contributed by atoms with Crippen molar-refractivity contribution in [3.05, 3.63) is 42.0 Å². The zero-order chi connectivity index (χ0) is 11.4. The highest BCUT2D eigenvalue weighted by Crippen LogP contribution is 2.15. The minimum absolute atomic E-state index is 0.00222. The van der Waals surface area contributed by atoms with Gasteiger partial charge in [0.25, 0.3) is 0 Å². The van der Waals surface area contributed by atoms with Crippen LogP contribution in [0, 0.1) is 0 Å². The fraction of sp³-hybridized carbons (Fsp3) is 0.300. The lowest BCUT2D eigenvalue weighted by molar-refractivity contribution is 0.506. The van der Waals surface area contributed by atoms with E-state index in [2.05, 4.69) is 20.7 Å². The molecule has 0 saturated carbocycles. The van der Waals surface area contributed by atoms with Crippen LogP contribution in [0.15, 0.2) is 30.7 Å². The average Bonchev–Trinajstić information content (AvgIpc) is 2.74. The Morgan fingerprint density at radius 3 is 2.75 bits per heavy atom. The number of aryl methyl sites for hydroxylation is 1. The van der Waals surface area contributed by atoms with Crippen LogP contribution in [0.2, 0.25) is 0 Å². The minimum Gasteiger partial charge on any atom is -0.271 e. The molecule has 2 aromatic heterocycles. The molecule has 0 fully saturated rings. The molecule has 0 aromatic carbocycles. The highest BCUT2D eigenvalue weighted by Gasteiger charge is 2.14. The molecule has 0 spiro atoms. The van der Waals surface area contributed by atoms with Crippen LogP contribution in [0.1, 0.15) is 17.3 Å². The first-order valence-electron chi connectivity index (χ1n) is 5.01. The fourth-order valence-electron chi connectivity index (χ4n) is 1.62. The van der Waals surface area contributed by atoms with Crippen molar-refractivity contribution >= 4 is 0 Å². The predicted molar refractivity (Wildman–Crippen MR) is 59.0 cm³/mol. The summed E-state index contributed by atoms with van der Waals surface area (Å²) in [6.07, 6.45) is 6.03. The Balaban J connectivity index is 2.16. The molecule has 0 saturated heterocycles. The average molecular weight is 218 g/mol. The first-order chi connectivity index (χ1) is 7.81. The Labute approximate surface area is 93.5 Å². The van der Waals surface area contributed by atoms with Gasteiger partial charge in [0, 0.05) is 19.4 Å². The van der Waals surface area contributed by atoms with Crippen LogP contribution in [0.5, 0.6) is 0 Å². The smallest absolute Gasteiger partial charge is 0.0770 e. The predicted octanol–water partition coefficient (Wildman–Crippen LogP) is -0.0428. The molecule has 84 valence electrons. The van der Waals surface area contributed by atoms with E-state index in [9.17, 15) is 0 Å². The molecule has 16 heavy (non-hydrogen) atoms. The van der Waals surface area contributed by atoms with Crippen molar-refractivity contribution in [3.8, 4) is 0 Å². The molecule has 0 radical (unpaired) electrons. The SMILES string of the molecule is Cn1nncc1C(Cc1ccncc1)NN. The molecule has 0 aliphatic rings. The number of pyridine rings is 1. The number of nitrogens with two attached hydrogens (primary N) is 1. The van der Waals surface area contributed by atoms with E-state index in [-0.39, 0.29) is 6.04 Å². The summed E-state index contributed by atoms with van der Waals surface area (Å²) < 4.78 is 1.71. The minimum atomic E-state index is 0.00222. The summed E-state index contributed by atoms with van der Waals surface area (Å²) in [5, 5.41) is 7.72. The lowest BCUT2D eigenvalue weighted by Crippen LogP contribution is -2.31. The molecule has 2 heterocycles. The molecule has 2 aromatic rings. The second kappa shape index (κ2) is 4.82. The van der Waals surface area contributed by atoms with Gasteiger partial charge in [0.2, 0.25) is 0 Å². The number of hydrazine groups is 1. The zero-order valence-electron chi connectivity index (χ0n) is 9.04. The van der Waals surface area contributed by atoms with Crippen LogP contribution >= 0.6 is 0 Å². The summed E-state index contributed by atoms with van der Waals surface area (Å²) >= 11 is 0. The lowest BCUT2D eigenvalue weighted by Gasteiger charge is -2.15.